The van der Waals surface area contributed by atoms with Crippen molar-refractivity contribution in [1.82, 2.24) is 4.90 Å². The molecule has 2 fully saturated rings. The summed E-state index contributed by atoms with van der Waals surface area (Å²) in [5.41, 5.74) is 0.110. The smallest absolute Gasteiger partial charge is 0.410 e. The summed E-state index contributed by atoms with van der Waals surface area (Å²) >= 11 is 0. The fourth-order valence-electron chi connectivity index (χ4n) is 4.46. The molecule has 1 heterocycles. The summed E-state index contributed by atoms with van der Waals surface area (Å²) in [5.74, 6) is 1.34. The Morgan fingerprint density at radius 2 is 2.00 bits per heavy atom. The number of ether oxygens (including phenoxy) is 3. The van der Waals surface area contributed by atoms with Crippen LogP contribution in [-0.4, -0.2) is 49.6 Å². The second-order valence-electron chi connectivity index (χ2n) is 6.92. The molecule has 25 heavy (non-hydrogen) atoms. The SMILES string of the molecule is COC(=O)N1CC[C@@]2(O)CCCC[C@@H]2[C@@H]1c1cc(OC)ccc1OC. The van der Waals surface area contributed by atoms with Crippen molar-refractivity contribution in [2.75, 3.05) is 27.9 Å². The summed E-state index contributed by atoms with van der Waals surface area (Å²) in [5, 5.41) is 11.2. The Morgan fingerprint density at radius 1 is 1.20 bits per heavy atom. The van der Waals surface area contributed by atoms with E-state index in [1.54, 1.807) is 19.1 Å². The minimum absolute atomic E-state index is 0.0462. The van der Waals surface area contributed by atoms with Gasteiger partial charge >= 0.3 is 6.09 Å². The number of likely N-dealkylation sites (tertiary alicyclic amines) is 1. The number of piperidine rings is 1. The van der Waals surface area contributed by atoms with Crippen LogP contribution < -0.4 is 9.47 Å². The number of nitrogens with zero attached hydrogens (tertiary/aromatic N) is 1. The number of aliphatic hydroxyl groups is 1. The van der Waals surface area contributed by atoms with Gasteiger partial charge in [-0.25, -0.2) is 4.79 Å². The molecule has 6 heteroatoms. The summed E-state index contributed by atoms with van der Waals surface area (Å²) in [6.07, 6.45) is 3.92. The Morgan fingerprint density at radius 3 is 2.68 bits per heavy atom. The second kappa shape index (κ2) is 7.12. The highest BCUT2D eigenvalue weighted by Crippen LogP contribution is 2.51. The number of fused-ring (bicyclic) bond motifs is 1. The molecule has 138 valence electrons. The highest BCUT2D eigenvalue weighted by atomic mass is 16.5. The van der Waals surface area contributed by atoms with Crippen molar-refractivity contribution in [3.63, 3.8) is 0 Å². The van der Waals surface area contributed by atoms with Gasteiger partial charge in [0.15, 0.2) is 0 Å². The maximum absolute atomic E-state index is 12.4. The quantitative estimate of drug-likeness (QED) is 0.908. The Balaban J connectivity index is 2.10. The van der Waals surface area contributed by atoms with Gasteiger partial charge in [-0.15, -0.1) is 0 Å². The normalized spacial score (nSPS) is 28.9. The Bertz CT molecular complexity index is 634. The van der Waals surface area contributed by atoms with Crippen LogP contribution in [0.2, 0.25) is 0 Å². The van der Waals surface area contributed by atoms with E-state index in [0.717, 1.165) is 31.2 Å². The number of hydrogen-bond acceptors (Lipinski definition) is 5. The van der Waals surface area contributed by atoms with E-state index >= 15 is 0 Å². The predicted octanol–water partition coefficient (Wildman–Crippen LogP) is 3.14. The van der Waals surface area contributed by atoms with Crippen molar-refractivity contribution >= 4 is 6.09 Å². The van der Waals surface area contributed by atoms with Crippen molar-refractivity contribution in [3.05, 3.63) is 23.8 Å². The fraction of sp³-hybridized carbons (Fsp3) is 0.632. The number of carbonyl (C=O) groups excluding carboxylic acids is 1. The van der Waals surface area contributed by atoms with Gasteiger partial charge in [0.2, 0.25) is 0 Å². The molecule has 3 atom stereocenters. The molecule has 1 N–H and O–H groups in total. The van der Waals surface area contributed by atoms with E-state index in [9.17, 15) is 9.90 Å². The van der Waals surface area contributed by atoms with Crippen LogP contribution in [0, 0.1) is 5.92 Å². The molecule has 1 aliphatic carbocycles. The van der Waals surface area contributed by atoms with Crippen molar-refractivity contribution in [3.8, 4) is 11.5 Å². The van der Waals surface area contributed by atoms with E-state index in [1.807, 2.05) is 18.2 Å². The Labute approximate surface area is 148 Å². The molecule has 1 amide bonds. The monoisotopic (exact) mass is 349 g/mol. The molecule has 1 aliphatic heterocycles. The third-order valence-electron chi connectivity index (χ3n) is 5.73. The zero-order chi connectivity index (χ0) is 18.0. The summed E-state index contributed by atoms with van der Waals surface area (Å²) in [4.78, 5) is 14.2. The molecule has 2 aliphatic rings. The van der Waals surface area contributed by atoms with Gasteiger partial charge < -0.3 is 24.2 Å². The highest BCUT2D eigenvalue weighted by Gasteiger charge is 2.51. The molecule has 0 bridgehead atoms. The van der Waals surface area contributed by atoms with E-state index in [1.165, 1.54) is 7.11 Å². The van der Waals surface area contributed by atoms with Crippen LogP contribution in [0.5, 0.6) is 11.5 Å². The number of benzene rings is 1. The molecule has 1 aromatic carbocycles. The van der Waals surface area contributed by atoms with Crippen LogP contribution in [0.1, 0.15) is 43.7 Å². The highest BCUT2D eigenvalue weighted by molar-refractivity contribution is 5.69. The molecular formula is C19H27NO5. The van der Waals surface area contributed by atoms with Crippen LogP contribution >= 0.6 is 0 Å². The predicted molar refractivity (Wildman–Crippen MR) is 92.9 cm³/mol. The third kappa shape index (κ3) is 3.15. The van der Waals surface area contributed by atoms with Crippen LogP contribution in [0.25, 0.3) is 0 Å². The maximum Gasteiger partial charge on any atom is 0.410 e. The number of amides is 1. The van der Waals surface area contributed by atoms with Gasteiger partial charge in [-0.1, -0.05) is 12.8 Å². The van der Waals surface area contributed by atoms with E-state index in [-0.39, 0.29) is 18.1 Å². The summed E-state index contributed by atoms with van der Waals surface area (Å²) in [7, 11) is 4.62. The lowest BCUT2D eigenvalue weighted by atomic mass is 9.66. The first-order chi connectivity index (χ1) is 12.0. The lowest BCUT2D eigenvalue weighted by Crippen LogP contribution is -2.56. The van der Waals surface area contributed by atoms with E-state index < -0.39 is 5.60 Å². The van der Waals surface area contributed by atoms with E-state index in [0.29, 0.717) is 24.5 Å². The number of rotatable bonds is 3. The summed E-state index contributed by atoms with van der Waals surface area (Å²) in [6.45, 7) is 0.463. The van der Waals surface area contributed by atoms with Gasteiger partial charge in [-0.05, 0) is 37.5 Å². The first-order valence-corrected chi connectivity index (χ1v) is 8.83. The van der Waals surface area contributed by atoms with Gasteiger partial charge in [0.05, 0.1) is 33.0 Å². The summed E-state index contributed by atoms with van der Waals surface area (Å²) < 4.78 is 15.9. The standard InChI is InChI=1S/C19H27NO5/c1-23-13-7-8-16(24-2)14(12-13)17-15-6-4-5-9-19(15,22)10-11-20(17)18(21)25-3/h7-8,12,15,17,22H,4-6,9-11H2,1-3H3/t15-,17+,19+/m1/s1. The average Bonchev–Trinajstić information content (AvgIpc) is 2.65. The first-order valence-electron chi connectivity index (χ1n) is 8.83. The van der Waals surface area contributed by atoms with Gasteiger partial charge in [-0.2, -0.15) is 0 Å². The van der Waals surface area contributed by atoms with Crippen molar-refractivity contribution < 1.29 is 24.1 Å². The zero-order valence-electron chi connectivity index (χ0n) is 15.2. The number of carbonyl (C=O) groups is 1. The molecule has 0 spiro atoms. The molecule has 3 rings (SSSR count). The van der Waals surface area contributed by atoms with Crippen molar-refractivity contribution in [2.45, 2.75) is 43.7 Å². The maximum atomic E-state index is 12.4. The van der Waals surface area contributed by atoms with Crippen LogP contribution in [0.4, 0.5) is 4.79 Å². The van der Waals surface area contributed by atoms with Crippen molar-refractivity contribution in [1.29, 1.82) is 0 Å². The van der Waals surface area contributed by atoms with Crippen LogP contribution in [0.15, 0.2) is 18.2 Å². The van der Waals surface area contributed by atoms with Crippen LogP contribution in [0.3, 0.4) is 0 Å². The molecule has 0 radical (unpaired) electrons. The first kappa shape index (κ1) is 17.9. The molecule has 1 saturated heterocycles. The average molecular weight is 349 g/mol. The van der Waals surface area contributed by atoms with E-state index in [4.69, 9.17) is 14.2 Å². The van der Waals surface area contributed by atoms with Crippen LogP contribution in [-0.2, 0) is 4.74 Å². The van der Waals surface area contributed by atoms with Gasteiger partial charge in [0.25, 0.3) is 0 Å². The number of methoxy groups -OCH3 is 3. The fourth-order valence-corrected chi connectivity index (χ4v) is 4.46. The topological polar surface area (TPSA) is 68.2 Å². The van der Waals surface area contributed by atoms with Gasteiger partial charge in [0.1, 0.15) is 11.5 Å². The lowest BCUT2D eigenvalue weighted by molar-refractivity contribution is -0.118. The molecule has 6 nitrogen and oxygen atoms in total. The molecule has 1 saturated carbocycles. The molecular weight excluding hydrogens is 322 g/mol. The summed E-state index contributed by atoms with van der Waals surface area (Å²) in [6, 6.07) is 5.29. The minimum atomic E-state index is -0.748. The number of hydrogen-bond donors (Lipinski definition) is 1. The molecule has 1 aromatic rings. The third-order valence-corrected chi connectivity index (χ3v) is 5.73. The van der Waals surface area contributed by atoms with Gasteiger partial charge in [-0.3, -0.25) is 0 Å². The van der Waals surface area contributed by atoms with Crippen molar-refractivity contribution in [2.24, 2.45) is 5.92 Å². The van der Waals surface area contributed by atoms with Gasteiger partial charge in [0, 0.05) is 18.0 Å². The molecule has 0 aromatic heterocycles. The zero-order valence-corrected chi connectivity index (χ0v) is 15.2. The Kier molecular flexibility index (Phi) is 5.08. The van der Waals surface area contributed by atoms with E-state index in [2.05, 4.69) is 0 Å². The molecule has 0 unspecified atom stereocenters. The second-order valence-corrected chi connectivity index (χ2v) is 6.92. The lowest BCUT2D eigenvalue weighted by Gasteiger charge is -2.52. The minimum Gasteiger partial charge on any atom is -0.497 e. The Hall–Kier alpha value is -1.95. The largest absolute Gasteiger partial charge is 0.497 e.